The van der Waals surface area contributed by atoms with Crippen molar-refractivity contribution in [3.63, 3.8) is 0 Å². The van der Waals surface area contributed by atoms with Crippen molar-refractivity contribution < 1.29 is 28.2 Å². The number of carboxylic acids is 2. The van der Waals surface area contributed by atoms with E-state index in [1.807, 2.05) is 0 Å². The van der Waals surface area contributed by atoms with Gasteiger partial charge in [0.05, 0.1) is 11.1 Å². The van der Waals surface area contributed by atoms with E-state index in [4.69, 9.17) is 15.4 Å². The molecule has 0 saturated heterocycles. The van der Waals surface area contributed by atoms with Gasteiger partial charge in [-0.05, 0) is 18.6 Å². The Kier molecular flexibility index (Phi) is 3.21. The van der Waals surface area contributed by atoms with Crippen LogP contribution in [0.15, 0.2) is 17.0 Å². The lowest BCUT2D eigenvalue weighted by molar-refractivity contribution is 0.0689. The summed E-state index contributed by atoms with van der Waals surface area (Å²) in [5, 5.41) is 22.6. The number of nitrogens with two attached hydrogens (primary N) is 1. The molecule has 8 heteroatoms. The van der Waals surface area contributed by atoms with E-state index in [0.29, 0.717) is 0 Å². The summed E-state index contributed by atoms with van der Waals surface area (Å²) < 4.78 is 22.6. The normalized spacial score (nSPS) is 11.2. The van der Waals surface area contributed by atoms with Crippen molar-refractivity contribution in [2.75, 3.05) is 0 Å². The maximum absolute atomic E-state index is 11.3. The largest absolute Gasteiger partial charge is 0.478 e. The summed E-state index contributed by atoms with van der Waals surface area (Å²) in [6, 6.07) is 2.21. The van der Waals surface area contributed by atoms with Crippen LogP contribution < -0.4 is 5.14 Å². The molecule has 0 fully saturated rings. The van der Waals surface area contributed by atoms with Crippen LogP contribution in [0.2, 0.25) is 0 Å². The average Bonchev–Trinajstić information content (AvgIpc) is 2.14. The molecule has 0 bridgehead atoms. The fourth-order valence-corrected chi connectivity index (χ4v) is 2.41. The Hall–Kier alpha value is -1.93. The molecule has 92 valence electrons. The monoisotopic (exact) mass is 259 g/mol. The van der Waals surface area contributed by atoms with Crippen LogP contribution >= 0.6 is 0 Å². The number of sulfonamides is 1. The van der Waals surface area contributed by atoms with Crippen LogP contribution in [0.1, 0.15) is 26.3 Å². The highest BCUT2D eigenvalue weighted by molar-refractivity contribution is 7.89. The first-order valence-electron chi connectivity index (χ1n) is 4.29. The van der Waals surface area contributed by atoms with E-state index in [1.165, 1.54) is 13.0 Å². The van der Waals surface area contributed by atoms with Crippen LogP contribution in [-0.2, 0) is 10.0 Å². The third-order valence-corrected chi connectivity index (χ3v) is 3.09. The topological polar surface area (TPSA) is 135 Å². The zero-order valence-corrected chi connectivity index (χ0v) is 9.48. The van der Waals surface area contributed by atoms with E-state index in [9.17, 15) is 18.0 Å². The fraction of sp³-hybridized carbons (Fsp3) is 0.111. The molecule has 0 saturated carbocycles. The Bertz CT molecular complexity index is 604. The number of aryl methyl sites for hydroxylation is 1. The molecule has 0 spiro atoms. The highest BCUT2D eigenvalue weighted by Crippen LogP contribution is 2.23. The van der Waals surface area contributed by atoms with Gasteiger partial charge < -0.3 is 10.2 Å². The molecule has 1 aromatic carbocycles. The molecule has 0 aliphatic carbocycles. The molecule has 0 unspecified atom stereocenters. The van der Waals surface area contributed by atoms with Crippen molar-refractivity contribution in [2.24, 2.45) is 5.14 Å². The second-order valence-electron chi connectivity index (χ2n) is 3.29. The lowest BCUT2D eigenvalue weighted by Crippen LogP contribution is -2.21. The van der Waals surface area contributed by atoms with Gasteiger partial charge in [0.15, 0.2) is 0 Å². The minimum absolute atomic E-state index is 0.117. The van der Waals surface area contributed by atoms with Crippen LogP contribution in [0.3, 0.4) is 0 Å². The molecule has 0 amide bonds. The lowest BCUT2D eigenvalue weighted by atomic mass is 10.0. The van der Waals surface area contributed by atoms with Crippen LogP contribution in [0.5, 0.6) is 0 Å². The van der Waals surface area contributed by atoms with Gasteiger partial charge in [0.2, 0.25) is 10.0 Å². The van der Waals surface area contributed by atoms with E-state index in [-0.39, 0.29) is 5.56 Å². The summed E-state index contributed by atoms with van der Waals surface area (Å²) in [6.45, 7) is 1.35. The Labute approximate surface area is 96.5 Å². The zero-order chi connectivity index (χ0) is 13.4. The first kappa shape index (κ1) is 13.1. The van der Waals surface area contributed by atoms with Crippen molar-refractivity contribution in [3.05, 3.63) is 28.8 Å². The number of hydrogen-bond donors (Lipinski definition) is 3. The van der Waals surface area contributed by atoms with E-state index < -0.39 is 38.0 Å². The minimum atomic E-state index is -4.44. The second kappa shape index (κ2) is 4.15. The number of carboxylic acid groups (broad SMARTS) is 2. The number of benzene rings is 1. The SMILES string of the molecule is Cc1ccc(C(=O)O)c(S(N)(=O)=O)c1C(=O)O. The third-order valence-electron chi connectivity index (χ3n) is 2.09. The molecular weight excluding hydrogens is 250 g/mol. The number of hydrogen-bond acceptors (Lipinski definition) is 4. The molecule has 17 heavy (non-hydrogen) atoms. The Morgan fingerprint density at radius 2 is 1.71 bits per heavy atom. The molecule has 0 heterocycles. The van der Waals surface area contributed by atoms with Crippen molar-refractivity contribution in [3.8, 4) is 0 Å². The van der Waals surface area contributed by atoms with E-state index in [1.54, 1.807) is 0 Å². The Balaban J connectivity index is 3.88. The molecule has 0 aliphatic rings. The molecule has 0 aliphatic heterocycles. The first-order valence-corrected chi connectivity index (χ1v) is 5.84. The average molecular weight is 259 g/mol. The maximum Gasteiger partial charge on any atom is 0.337 e. The van der Waals surface area contributed by atoms with Gasteiger partial charge in [-0.25, -0.2) is 23.1 Å². The fourth-order valence-electron chi connectivity index (χ4n) is 1.41. The molecule has 0 radical (unpaired) electrons. The first-order chi connectivity index (χ1) is 7.66. The quantitative estimate of drug-likeness (QED) is 0.701. The van der Waals surface area contributed by atoms with E-state index >= 15 is 0 Å². The van der Waals surface area contributed by atoms with Gasteiger partial charge >= 0.3 is 11.9 Å². The second-order valence-corrected chi connectivity index (χ2v) is 4.79. The molecule has 1 rings (SSSR count). The van der Waals surface area contributed by atoms with E-state index in [0.717, 1.165) is 6.07 Å². The summed E-state index contributed by atoms with van der Waals surface area (Å²) in [5.41, 5.74) is -1.16. The summed E-state index contributed by atoms with van der Waals surface area (Å²) in [4.78, 5) is 20.9. The van der Waals surface area contributed by atoms with Gasteiger partial charge in [-0.2, -0.15) is 0 Å². The van der Waals surface area contributed by atoms with Gasteiger partial charge in [-0.3, -0.25) is 0 Å². The Morgan fingerprint density at radius 1 is 1.18 bits per heavy atom. The van der Waals surface area contributed by atoms with Crippen molar-refractivity contribution in [1.82, 2.24) is 0 Å². The highest BCUT2D eigenvalue weighted by Gasteiger charge is 2.27. The number of rotatable bonds is 3. The van der Waals surface area contributed by atoms with E-state index in [2.05, 4.69) is 0 Å². The zero-order valence-electron chi connectivity index (χ0n) is 8.67. The van der Waals surface area contributed by atoms with Gasteiger partial charge in [-0.1, -0.05) is 6.07 Å². The molecule has 1 aromatic rings. The Morgan fingerprint density at radius 3 is 2.06 bits per heavy atom. The van der Waals surface area contributed by atoms with Gasteiger partial charge in [-0.15, -0.1) is 0 Å². The van der Waals surface area contributed by atoms with Crippen molar-refractivity contribution >= 4 is 22.0 Å². The number of carbonyl (C=O) groups is 2. The maximum atomic E-state index is 11.3. The van der Waals surface area contributed by atoms with Crippen molar-refractivity contribution in [1.29, 1.82) is 0 Å². The summed E-state index contributed by atoms with van der Waals surface area (Å²) >= 11 is 0. The third kappa shape index (κ3) is 2.43. The summed E-state index contributed by atoms with van der Waals surface area (Å²) in [6.07, 6.45) is 0. The standard InChI is InChI=1S/C9H9NO6S/c1-4-2-3-5(8(11)12)7(17(10,15)16)6(4)9(13)14/h2-3H,1H3,(H,11,12)(H,13,14)(H2,10,15,16). The van der Waals surface area contributed by atoms with Crippen LogP contribution in [-0.4, -0.2) is 30.6 Å². The van der Waals surface area contributed by atoms with Crippen LogP contribution in [0.4, 0.5) is 0 Å². The minimum Gasteiger partial charge on any atom is -0.478 e. The molecule has 0 atom stereocenters. The number of aromatic carboxylic acids is 2. The summed E-state index contributed by atoms with van der Waals surface area (Å²) in [5.74, 6) is -3.11. The molecule has 7 nitrogen and oxygen atoms in total. The van der Waals surface area contributed by atoms with Crippen LogP contribution in [0, 0.1) is 6.92 Å². The smallest absolute Gasteiger partial charge is 0.337 e. The van der Waals surface area contributed by atoms with Gasteiger partial charge in [0.1, 0.15) is 4.90 Å². The summed E-state index contributed by atoms with van der Waals surface area (Å²) in [7, 11) is -4.44. The predicted molar refractivity (Wildman–Crippen MR) is 56.5 cm³/mol. The van der Waals surface area contributed by atoms with Crippen LogP contribution in [0.25, 0.3) is 0 Å². The predicted octanol–water partition coefficient (Wildman–Crippen LogP) is 0.0388. The molecule has 4 N–H and O–H groups in total. The van der Waals surface area contributed by atoms with Gasteiger partial charge in [0.25, 0.3) is 0 Å². The van der Waals surface area contributed by atoms with Gasteiger partial charge in [0, 0.05) is 0 Å². The number of primary sulfonamides is 1. The highest BCUT2D eigenvalue weighted by atomic mass is 32.2. The molecule has 0 aromatic heterocycles. The molecular formula is C9H9NO6S. The van der Waals surface area contributed by atoms with Crippen molar-refractivity contribution in [2.45, 2.75) is 11.8 Å². The lowest BCUT2D eigenvalue weighted by Gasteiger charge is -2.10.